The zero-order valence-electron chi connectivity index (χ0n) is 15.5. The molecule has 30 heavy (non-hydrogen) atoms. The van der Waals surface area contributed by atoms with Crippen LogP contribution in [0.4, 0.5) is 10.8 Å². The van der Waals surface area contributed by atoms with Gasteiger partial charge in [0.1, 0.15) is 5.01 Å². The number of carbonyl (C=O) groups excluding carboxylic acids is 2. The van der Waals surface area contributed by atoms with Crippen molar-refractivity contribution >= 4 is 49.6 Å². The highest BCUT2D eigenvalue weighted by Crippen LogP contribution is 2.25. The van der Waals surface area contributed by atoms with Crippen LogP contribution in [0, 0.1) is 6.92 Å². The molecule has 0 aliphatic carbocycles. The molecule has 152 valence electrons. The average Bonchev–Trinajstić information content (AvgIpc) is 3.12. The molecule has 1 aromatic heterocycles. The number of nitrogens with zero attached hydrogens (tertiary/aromatic N) is 2. The molecule has 0 saturated carbocycles. The number of hydrogen-bond acceptors (Lipinski definition) is 8. The standard InChI is InChI=1S/C19H15N5O4S2/c1-11-22-23-19(29-11)24-30(27,28)13-8-6-12(7-9-13)20-10-16-14-4-2-3-5-15(14)17(25)21-18(16)26/h2-10,20H,1H3,(H,23,24)(H,21,25,26). The SMILES string of the molecule is Cc1nnc(NS(=O)(=O)c2ccc(NC=C3C(=O)NC(=O)c4ccccc43)cc2)s1. The molecule has 1 aliphatic rings. The van der Waals surface area contributed by atoms with E-state index in [0.29, 0.717) is 27.4 Å². The highest BCUT2D eigenvalue weighted by atomic mass is 32.2. The number of rotatable bonds is 5. The Morgan fingerprint density at radius 1 is 0.967 bits per heavy atom. The summed E-state index contributed by atoms with van der Waals surface area (Å²) in [5.74, 6) is -0.956. The molecule has 0 bridgehead atoms. The zero-order chi connectivity index (χ0) is 21.3. The van der Waals surface area contributed by atoms with Crippen LogP contribution in [0.25, 0.3) is 5.57 Å². The van der Waals surface area contributed by atoms with E-state index in [1.165, 1.54) is 18.3 Å². The summed E-state index contributed by atoms with van der Waals surface area (Å²) < 4.78 is 27.3. The van der Waals surface area contributed by atoms with Crippen molar-refractivity contribution in [3.05, 3.63) is 70.9 Å². The van der Waals surface area contributed by atoms with E-state index in [0.717, 1.165) is 11.3 Å². The van der Waals surface area contributed by atoms with E-state index >= 15 is 0 Å². The van der Waals surface area contributed by atoms with Crippen LogP contribution in [0.5, 0.6) is 0 Å². The topological polar surface area (TPSA) is 130 Å². The molecular formula is C19H15N5O4S2. The smallest absolute Gasteiger partial charge is 0.263 e. The van der Waals surface area contributed by atoms with Crippen LogP contribution in [0.1, 0.15) is 20.9 Å². The number of amides is 2. The van der Waals surface area contributed by atoms with Crippen molar-refractivity contribution in [3.63, 3.8) is 0 Å². The number of fused-ring (bicyclic) bond motifs is 1. The van der Waals surface area contributed by atoms with Gasteiger partial charge in [-0.1, -0.05) is 29.5 Å². The Balaban J connectivity index is 1.53. The minimum absolute atomic E-state index is 0.0555. The van der Waals surface area contributed by atoms with Crippen molar-refractivity contribution in [2.45, 2.75) is 11.8 Å². The molecule has 2 amide bonds. The molecule has 0 atom stereocenters. The lowest BCUT2D eigenvalue weighted by Gasteiger charge is -2.18. The first kappa shape index (κ1) is 19.7. The van der Waals surface area contributed by atoms with Crippen LogP contribution in [-0.4, -0.2) is 30.4 Å². The van der Waals surface area contributed by atoms with Gasteiger partial charge in [0.15, 0.2) is 0 Å². The normalized spacial score (nSPS) is 14.9. The third-order valence-electron chi connectivity index (χ3n) is 4.23. The largest absolute Gasteiger partial charge is 0.361 e. The third kappa shape index (κ3) is 3.93. The van der Waals surface area contributed by atoms with Crippen LogP contribution in [0.2, 0.25) is 0 Å². The Kier molecular flexibility index (Phi) is 5.06. The molecule has 2 aromatic carbocycles. The van der Waals surface area contributed by atoms with E-state index in [2.05, 4.69) is 25.6 Å². The molecule has 4 rings (SSSR count). The summed E-state index contributed by atoms with van der Waals surface area (Å²) in [6, 6.07) is 12.8. The fourth-order valence-electron chi connectivity index (χ4n) is 2.82. The lowest BCUT2D eigenvalue weighted by molar-refractivity contribution is -0.114. The van der Waals surface area contributed by atoms with Gasteiger partial charge in [0, 0.05) is 23.0 Å². The molecule has 3 N–H and O–H groups in total. The number of carbonyl (C=O) groups is 2. The first-order chi connectivity index (χ1) is 14.3. The van der Waals surface area contributed by atoms with Gasteiger partial charge in [-0.2, -0.15) is 0 Å². The van der Waals surface area contributed by atoms with E-state index in [9.17, 15) is 18.0 Å². The van der Waals surface area contributed by atoms with Crippen LogP contribution < -0.4 is 15.4 Å². The van der Waals surface area contributed by atoms with Gasteiger partial charge in [0.05, 0.1) is 10.5 Å². The van der Waals surface area contributed by atoms with Crippen molar-refractivity contribution in [2.24, 2.45) is 0 Å². The summed E-state index contributed by atoms with van der Waals surface area (Å²) in [4.78, 5) is 24.2. The summed E-state index contributed by atoms with van der Waals surface area (Å²) in [6.07, 6.45) is 1.48. The van der Waals surface area contributed by atoms with Gasteiger partial charge < -0.3 is 5.32 Å². The average molecular weight is 441 g/mol. The van der Waals surface area contributed by atoms with Gasteiger partial charge >= 0.3 is 0 Å². The lowest BCUT2D eigenvalue weighted by atomic mass is 9.96. The predicted molar refractivity (Wildman–Crippen MR) is 112 cm³/mol. The highest BCUT2D eigenvalue weighted by Gasteiger charge is 2.26. The van der Waals surface area contributed by atoms with Crippen molar-refractivity contribution in [1.82, 2.24) is 15.5 Å². The minimum Gasteiger partial charge on any atom is -0.361 e. The van der Waals surface area contributed by atoms with Crippen molar-refractivity contribution in [1.29, 1.82) is 0 Å². The van der Waals surface area contributed by atoms with Gasteiger partial charge in [0.25, 0.3) is 21.8 Å². The number of anilines is 2. The Morgan fingerprint density at radius 3 is 2.33 bits per heavy atom. The number of sulfonamides is 1. The van der Waals surface area contributed by atoms with Crippen molar-refractivity contribution < 1.29 is 18.0 Å². The summed E-state index contributed by atoms with van der Waals surface area (Å²) >= 11 is 1.14. The molecule has 0 saturated heterocycles. The summed E-state index contributed by atoms with van der Waals surface area (Å²) in [6.45, 7) is 1.73. The number of aryl methyl sites for hydroxylation is 1. The van der Waals surface area contributed by atoms with Crippen LogP contribution in [-0.2, 0) is 14.8 Å². The number of benzene rings is 2. The first-order valence-corrected chi connectivity index (χ1v) is 11.0. The van der Waals surface area contributed by atoms with Crippen LogP contribution in [0.15, 0.2) is 59.6 Å². The molecule has 0 fully saturated rings. The van der Waals surface area contributed by atoms with E-state index in [-0.39, 0.29) is 10.0 Å². The molecule has 0 radical (unpaired) electrons. The molecule has 0 unspecified atom stereocenters. The van der Waals surface area contributed by atoms with Crippen molar-refractivity contribution in [2.75, 3.05) is 10.0 Å². The fourth-order valence-corrected chi connectivity index (χ4v) is 4.64. The van der Waals surface area contributed by atoms with Gasteiger partial charge in [-0.3, -0.25) is 19.6 Å². The van der Waals surface area contributed by atoms with Crippen LogP contribution in [0.3, 0.4) is 0 Å². The summed E-state index contributed by atoms with van der Waals surface area (Å²) in [5.41, 5.74) is 1.80. The maximum absolute atomic E-state index is 12.4. The van der Waals surface area contributed by atoms with Gasteiger partial charge in [-0.05, 0) is 37.3 Å². The maximum atomic E-state index is 12.4. The second-order valence-electron chi connectivity index (χ2n) is 6.29. The Morgan fingerprint density at radius 2 is 1.67 bits per heavy atom. The minimum atomic E-state index is -3.79. The van der Waals surface area contributed by atoms with E-state index < -0.39 is 21.8 Å². The molecule has 2 heterocycles. The Hall–Kier alpha value is -3.57. The first-order valence-electron chi connectivity index (χ1n) is 8.68. The molecule has 11 heteroatoms. The second-order valence-corrected chi connectivity index (χ2v) is 9.15. The molecule has 0 spiro atoms. The maximum Gasteiger partial charge on any atom is 0.263 e. The molecule has 9 nitrogen and oxygen atoms in total. The Labute approximate surface area is 175 Å². The Bertz CT molecular complexity index is 1280. The van der Waals surface area contributed by atoms with E-state index in [1.54, 1.807) is 43.3 Å². The summed E-state index contributed by atoms with van der Waals surface area (Å²) in [5, 5.41) is 13.6. The van der Waals surface area contributed by atoms with Crippen molar-refractivity contribution in [3.8, 4) is 0 Å². The van der Waals surface area contributed by atoms with Gasteiger partial charge in [-0.25, -0.2) is 8.42 Å². The van der Waals surface area contributed by atoms with Gasteiger partial charge in [0.2, 0.25) is 5.13 Å². The third-order valence-corrected chi connectivity index (χ3v) is 6.47. The summed E-state index contributed by atoms with van der Waals surface area (Å²) in [7, 11) is -3.79. The number of nitrogens with one attached hydrogen (secondary N) is 3. The van der Waals surface area contributed by atoms with Gasteiger partial charge in [-0.15, -0.1) is 10.2 Å². The number of hydrogen-bond donors (Lipinski definition) is 3. The second kappa shape index (κ2) is 7.69. The van der Waals surface area contributed by atoms with Crippen LogP contribution >= 0.6 is 11.3 Å². The predicted octanol–water partition coefficient (Wildman–Crippen LogP) is 2.37. The molecule has 3 aromatic rings. The molecular weight excluding hydrogens is 426 g/mol. The number of aromatic nitrogens is 2. The fraction of sp³-hybridized carbons (Fsp3) is 0.0526. The monoisotopic (exact) mass is 441 g/mol. The van der Waals surface area contributed by atoms with E-state index in [4.69, 9.17) is 0 Å². The quantitative estimate of drug-likeness (QED) is 0.409. The zero-order valence-corrected chi connectivity index (χ0v) is 17.2. The number of imide groups is 1. The lowest BCUT2D eigenvalue weighted by Crippen LogP contribution is -2.36. The molecule has 1 aliphatic heterocycles. The highest BCUT2D eigenvalue weighted by molar-refractivity contribution is 7.93. The van der Waals surface area contributed by atoms with E-state index in [1.807, 2.05) is 0 Å².